The van der Waals surface area contributed by atoms with Gasteiger partial charge in [0.2, 0.25) is 11.5 Å². The maximum absolute atomic E-state index is 13.8. The minimum atomic E-state index is -4.79. The lowest BCUT2D eigenvalue weighted by atomic mass is 10.0. The number of benzene rings is 1. The van der Waals surface area contributed by atoms with Gasteiger partial charge in [0.1, 0.15) is 5.82 Å². The molecule has 2 aliphatic heterocycles. The van der Waals surface area contributed by atoms with Crippen molar-refractivity contribution in [1.29, 1.82) is 0 Å². The normalized spacial score (nSPS) is 18.6. The first-order chi connectivity index (χ1) is 19.2. The van der Waals surface area contributed by atoms with Crippen LogP contribution in [0.4, 0.5) is 25.0 Å². The van der Waals surface area contributed by atoms with Gasteiger partial charge < -0.3 is 19.1 Å². The number of aromatic nitrogens is 2. The van der Waals surface area contributed by atoms with Gasteiger partial charge in [0.05, 0.1) is 0 Å². The molecule has 0 radical (unpaired) electrons. The molecule has 2 aliphatic rings. The molecular weight excluding hydrogens is 519 g/mol. The number of halogens is 3. The number of alkyl halides is 3. The van der Waals surface area contributed by atoms with Crippen molar-refractivity contribution in [3.05, 3.63) is 83.5 Å². The summed E-state index contributed by atoms with van der Waals surface area (Å²) in [4.78, 5) is 27.3. The molecule has 0 bridgehead atoms. The molecule has 0 N–H and O–H groups in total. The fraction of sp³-hybridized carbons (Fsp3) is 0.433. The molecule has 0 amide bonds. The van der Waals surface area contributed by atoms with E-state index in [2.05, 4.69) is 38.5 Å². The molecule has 4 heterocycles. The van der Waals surface area contributed by atoms with Crippen LogP contribution < -0.4 is 9.80 Å². The zero-order valence-corrected chi connectivity index (χ0v) is 22.7. The summed E-state index contributed by atoms with van der Waals surface area (Å²) in [5.41, 5.74) is 1.54. The number of hydrogen-bond donors (Lipinski definition) is 0. The number of oxazole rings is 1. The summed E-state index contributed by atoms with van der Waals surface area (Å²) in [5.74, 6) is -0.446. The Balaban J connectivity index is 1.25. The van der Waals surface area contributed by atoms with Gasteiger partial charge in [-0.15, -0.1) is 0 Å². The molecule has 2 aromatic heterocycles. The molecule has 7 nitrogen and oxygen atoms in total. The molecule has 3 aromatic rings. The van der Waals surface area contributed by atoms with Gasteiger partial charge in [-0.05, 0) is 36.0 Å². The van der Waals surface area contributed by atoms with Crippen molar-refractivity contribution in [1.82, 2.24) is 14.9 Å². The summed E-state index contributed by atoms with van der Waals surface area (Å²) in [6.45, 7) is 10.5. The second-order valence-corrected chi connectivity index (χ2v) is 10.7. The molecule has 0 spiro atoms. The van der Waals surface area contributed by atoms with Crippen LogP contribution in [-0.4, -0.2) is 53.4 Å². The number of rotatable bonds is 7. The smallest absolute Gasteiger partial charge is 0.420 e. The van der Waals surface area contributed by atoms with Crippen molar-refractivity contribution >= 4 is 17.6 Å². The van der Waals surface area contributed by atoms with Crippen LogP contribution in [0.1, 0.15) is 53.6 Å². The van der Waals surface area contributed by atoms with Crippen LogP contribution in [0.3, 0.4) is 0 Å². The number of Topliss-reactive ketones (excluding diaryl/α,β-unsaturated/α-hetero) is 1. The predicted molar refractivity (Wildman–Crippen MR) is 147 cm³/mol. The van der Waals surface area contributed by atoms with Crippen LogP contribution >= 0.6 is 0 Å². The Labute approximate surface area is 232 Å². The highest BCUT2D eigenvalue weighted by Gasteiger charge is 2.42. The minimum absolute atomic E-state index is 0.139. The van der Waals surface area contributed by atoms with E-state index in [9.17, 15) is 18.0 Å². The van der Waals surface area contributed by atoms with E-state index in [1.54, 1.807) is 17.2 Å². The van der Waals surface area contributed by atoms with Gasteiger partial charge in [0, 0.05) is 64.0 Å². The maximum atomic E-state index is 13.8. The first-order valence-electron chi connectivity index (χ1n) is 13.7. The molecule has 1 aromatic carbocycles. The van der Waals surface area contributed by atoms with Gasteiger partial charge >= 0.3 is 6.18 Å². The van der Waals surface area contributed by atoms with Crippen molar-refractivity contribution < 1.29 is 22.4 Å². The molecule has 212 valence electrons. The van der Waals surface area contributed by atoms with E-state index in [4.69, 9.17) is 4.42 Å². The van der Waals surface area contributed by atoms with Crippen LogP contribution in [0.2, 0.25) is 0 Å². The van der Waals surface area contributed by atoms with Crippen molar-refractivity contribution in [2.24, 2.45) is 5.92 Å². The van der Waals surface area contributed by atoms with Crippen LogP contribution in [0.15, 0.2) is 65.4 Å². The Kier molecular flexibility index (Phi) is 8.14. The van der Waals surface area contributed by atoms with Gasteiger partial charge in [-0.3, -0.25) is 4.79 Å². The van der Waals surface area contributed by atoms with Crippen molar-refractivity contribution in [3.63, 3.8) is 0 Å². The summed E-state index contributed by atoms with van der Waals surface area (Å²) >= 11 is 0. The number of anilines is 2. The molecule has 1 unspecified atom stereocenters. The number of carbonyl (C=O) groups excluding carboxylic acids is 1. The standard InChI is InChI=1S/C30H34F3N5O2/c1-21-7-6-13-38(19-21)29-35-28(30(31,32)33)27(40-29)25(39)17-24-10-11-26(34-18-24)36-14-12-22(2)37(16-15-36)20-23-8-4-3-5-9-23/h3-5,8-11,18,21H,2,6-7,12-17,19-20H2,1H3. The Hall–Kier alpha value is -3.82. The van der Waals surface area contributed by atoms with Crippen LogP contribution in [0, 0.1) is 5.92 Å². The van der Waals surface area contributed by atoms with E-state index in [0.29, 0.717) is 24.6 Å². The molecule has 0 aliphatic carbocycles. The molecule has 1 atom stereocenters. The molecule has 0 saturated carbocycles. The molecule has 40 heavy (non-hydrogen) atoms. The Bertz CT molecular complexity index is 1320. The highest BCUT2D eigenvalue weighted by Crippen LogP contribution is 2.35. The van der Waals surface area contributed by atoms with E-state index in [0.717, 1.165) is 57.0 Å². The maximum Gasteiger partial charge on any atom is 0.437 e. The lowest BCUT2D eigenvalue weighted by Gasteiger charge is -2.29. The first kappa shape index (κ1) is 27.7. The van der Waals surface area contributed by atoms with Crippen molar-refractivity contribution in [2.45, 2.75) is 45.3 Å². The van der Waals surface area contributed by atoms with Crippen molar-refractivity contribution in [2.75, 3.05) is 42.5 Å². The monoisotopic (exact) mass is 553 g/mol. The quantitative estimate of drug-likeness (QED) is 0.334. The van der Waals surface area contributed by atoms with Crippen LogP contribution in [0.5, 0.6) is 0 Å². The Morgan fingerprint density at radius 1 is 1.05 bits per heavy atom. The predicted octanol–water partition coefficient (Wildman–Crippen LogP) is 5.98. The second kappa shape index (κ2) is 11.7. The van der Waals surface area contributed by atoms with Gasteiger partial charge in [0.25, 0.3) is 6.01 Å². The van der Waals surface area contributed by atoms with E-state index < -0.39 is 23.4 Å². The average Bonchev–Trinajstić information content (AvgIpc) is 3.33. The van der Waals surface area contributed by atoms with Gasteiger partial charge in [-0.1, -0.05) is 49.9 Å². The first-order valence-corrected chi connectivity index (χ1v) is 13.7. The molecular formula is C30H34F3N5O2. The molecule has 2 saturated heterocycles. The third-order valence-electron chi connectivity index (χ3n) is 7.54. The number of pyridine rings is 1. The highest BCUT2D eigenvalue weighted by atomic mass is 19.4. The van der Waals surface area contributed by atoms with Gasteiger partial charge in [-0.2, -0.15) is 18.2 Å². The minimum Gasteiger partial charge on any atom is -0.420 e. The third kappa shape index (κ3) is 6.48. The SMILES string of the molecule is C=C1CCN(c2ccc(CC(=O)c3oc(N4CCCC(C)C4)nc3C(F)(F)F)cn2)CCN1Cc1ccccc1. The molecule has 5 rings (SSSR count). The van der Waals surface area contributed by atoms with Gasteiger partial charge in [-0.25, -0.2) is 4.98 Å². The fourth-order valence-electron chi connectivity index (χ4n) is 5.32. The molecule has 2 fully saturated rings. The Morgan fingerprint density at radius 3 is 2.55 bits per heavy atom. The number of carbonyl (C=O) groups is 1. The lowest BCUT2D eigenvalue weighted by Crippen LogP contribution is -2.34. The zero-order valence-electron chi connectivity index (χ0n) is 22.7. The lowest BCUT2D eigenvalue weighted by molar-refractivity contribution is -0.141. The largest absolute Gasteiger partial charge is 0.437 e. The van der Waals surface area contributed by atoms with E-state index in [1.807, 2.05) is 31.2 Å². The topological polar surface area (TPSA) is 65.7 Å². The third-order valence-corrected chi connectivity index (χ3v) is 7.54. The van der Waals surface area contributed by atoms with E-state index in [1.165, 1.54) is 5.56 Å². The summed E-state index contributed by atoms with van der Waals surface area (Å²) in [5, 5.41) is 0. The number of piperidine rings is 1. The van der Waals surface area contributed by atoms with E-state index in [-0.39, 0.29) is 12.4 Å². The summed E-state index contributed by atoms with van der Waals surface area (Å²) < 4.78 is 46.7. The number of nitrogens with zero attached hydrogens (tertiary/aromatic N) is 5. The fourth-order valence-corrected chi connectivity index (χ4v) is 5.32. The molecule has 10 heteroatoms. The van der Waals surface area contributed by atoms with E-state index >= 15 is 0 Å². The zero-order chi connectivity index (χ0) is 28.3. The average molecular weight is 554 g/mol. The summed E-state index contributed by atoms with van der Waals surface area (Å²) in [6, 6.07) is 13.7. The van der Waals surface area contributed by atoms with Crippen molar-refractivity contribution in [3.8, 4) is 0 Å². The van der Waals surface area contributed by atoms with Gasteiger partial charge in [0.15, 0.2) is 5.69 Å². The Morgan fingerprint density at radius 2 is 1.85 bits per heavy atom. The summed E-state index contributed by atoms with van der Waals surface area (Å²) in [6.07, 6.45) is -0.882. The number of hydrogen-bond acceptors (Lipinski definition) is 7. The second-order valence-electron chi connectivity index (χ2n) is 10.7. The number of ketones is 1. The van der Waals surface area contributed by atoms with Crippen LogP contribution in [0.25, 0.3) is 0 Å². The summed E-state index contributed by atoms with van der Waals surface area (Å²) in [7, 11) is 0. The highest BCUT2D eigenvalue weighted by molar-refractivity contribution is 5.96. The van der Waals surface area contributed by atoms with Crippen LogP contribution in [-0.2, 0) is 19.1 Å².